The number of aromatic amines is 1. The van der Waals surface area contributed by atoms with E-state index in [1.807, 2.05) is 12.1 Å². The van der Waals surface area contributed by atoms with E-state index < -0.39 is 0 Å². The molecule has 1 saturated heterocycles. The Morgan fingerprint density at radius 3 is 2.59 bits per heavy atom. The lowest BCUT2D eigenvalue weighted by Crippen LogP contribution is -2.44. The van der Waals surface area contributed by atoms with E-state index in [9.17, 15) is 4.79 Å². The highest BCUT2D eigenvalue weighted by molar-refractivity contribution is 5.88. The van der Waals surface area contributed by atoms with Crippen LogP contribution in [-0.2, 0) is 17.8 Å². The lowest BCUT2D eigenvalue weighted by Gasteiger charge is -2.32. The van der Waals surface area contributed by atoms with E-state index in [-0.39, 0.29) is 17.9 Å². The monoisotopic (exact) mass is 495 g/mol. The van der Waals surface area contributed by atoms with Crippen molar-refractivity contribution in [1.82, 2.24) is 15.2 Å². The summed E-state index contributed by atoms with van der Waals surface area (Å²) in [5.74, 6) is 0.854. The smallest absolute Gasteiger partial charge is 0.221 e. The molecule has 1 amide bonds. The fraction of sp³-hybridized carbons (Fsp3) is 0.344. The number of likely N-dealkylation sites (tertiary alicyclic amines) is 1. The number of piperidine rings is 1. The van der Waals surface area contributed by atoms with Crippen molar-refractivity contribution in [2.24, 2.45) is 0 Å². The number of aromatic nitrogens is 1. The van der Waals surface area contributed by atoms with Crippen LogP contribution < -0.4 is 10.1 Å². The summed E-state index contributed by atoms with van der Waals surface area (Å²) in [6.07, 6.45) is 5.42. The Kier molecular flexibility index (Phi) is 7.90. The van der Waals surface area contributed by atoms with Gasteiger partial charge in [-0.3, -0.25) is 9.69 Å². The molecule has 5 heteroatoms. The molecule has 1 unspecified atom stereocenters. The second kappa shape index (κ2) is 11.7. The minimum absolute atomic E-state index is 0.0610. The normalized spacial score (nSPS) is 15.5. The number of carbonyl (C=O) groups excluding carboxylic acids is 1. The molecule has 0 bridgehead atoms. The van der Waals surface area contributed by atoms with E-state index in [2.05, 4.69) is 89.0 Å². The lowest BCUT2D eigenvalue weighted by molar-refractivity contribution is -0.122. The SMILES string of the molecule is CCc1cccc2c(C(CC(=O)NC3CCN(Cc4ccccc4)CC3)c3cccc(OC)c3)c[nH]c12. The zero-order valence-electron chi connectivity index (χ0n) is 21.9. The Balaban J connectivity index is 1.30. The average Bonchev–Trinajstić information content (AvgIpc) is 3.37. The van der Waals surface area contributed by atoms with Crippen molar-refractivity contribution in [2.45, 2.75) is 51.1 Å². The van der Waals surface area contributed by atoms with Gasteiger partial charge >= 0.3 is 0 Å². The average molecular weight is 496 g/mol. The molecule has 3 aromatic carbocycles. The lowest BCUT2D eigenvalue weighted by atomic mass is 9.87. The first-order valence-corrected chi connectivity index (χ1v) is 13.4. The molecule has 5 rings (SSSR count). The largest absolute Gasteiger partial charge is 0.497 e. The molecule has 1 aliphatic rings. The zero-order valence-corrected chi connectivity index (χ0v) is 21.9. The van der Waals surface area contributed by atoms with Crippen molar-refractivity contribution in [3.8, 4) is 5.75 Å². The number of H-pyrrole nitrogens is 1. The molecule has 0 radical (unpaired) electrons. The summed E-state index contributed by atoms with van der Waals surface area (Å²) in [6.45, 7) is 5.15. The number of benzene rings is 3. The van der Waals surface area contributed by atoms with Crippen LogP contribution in [0.2, 0.25) is 0 Å². The van der Waals surface area contributed by atoms with Gasteiger partial charge in [0.2, 0.25) is 5.91 Å². The first kappa shape index (κ1) is 25.1. The molecule has 192 valence electrons. The van der Waals surface area contributed by atoms with E-state index in [1.54, 1.807) is 7.11 Å². The topological polar surface area (TPSA) is 57.4 Å². The summed E-state index contributed by atoms with van der Waals surface area (Å²) < 4.78 is 5.51. The quantitative estimate of drug-likeness (QED) is 0.298. The molecule has 5 nitrogen and oxygen atoms in total. The van der Waals surface area contributed by atoms with Crippen LogP contribution in [0, 0.1) is 0 Å². The predicted molar refractivity (Wildman–Crippen MR) is 150 cm³/mol. The highest BCUT2D eigenvalue weighted by atomic mass is 16.5. The Bertz CT molecular complexity index is 1320. The van der Waals surface area contributed by atoms with Gasteiger partial charge < -0.3 is 15.0 Å². The van der Waals surface area contributed by atoms with Crippen LogP contribution in [0.1, 0.15) is 54.4 Å². The van der Waals surface area contributed by atoms with Gasteiger partial charge in [0.05, 0.1) is 7.11 Å². The van der Waals surface area contributed by atoms with Crippen LogP contribution in [0.5, 0.6) is 5.75 Å². The van der Waals surface area contributed by atoms with Crippen LogP contribution in [-0.4, -0.2) is 42.0 Å². The van der Waals surface area contributed by atoms with Gasteiger partial charge in [0, 0.05) is 55.1 Å². The summed E-state index contributed by atoms with van der Waals surface area (Å²) in [6, 6.07) is 25.4. The Hall–Kier alpha value is -3.57. The fourth-order valence-electron chi connectivity index (χ4n) is 5.64. The zero-order chi connectivity index (χ0) is 25.6. The van der Waals surface area contributed by atoms with Crippen molar-refractivity contribution < 1.29 is 9.53 Å². The molecule has 37 heavy (non-hydrogen) atoms. The molecular formula is C32H37N3O2. The molecule has 0 saturated carbocycles. The number of ether oxygens (including phenoxy) is 1. The number of methoxy groups -OCH3 is 1. The number of carbonyl (C=O) groups is 1. The van der Waals surface area contributed by atoms with Gasteiger partial charge in [0.25, 0.3) is 0 Å². The molecular weight excluding hydrogens is 458 g/mol. The first-order chi connectivity index (χ1) is 18.1. The van der Waals surface area contributed by atoms with Gasteiger partial charge in [-0.2, -0.15) is 0 Å². The summed E-state index contributed by atoms with van der Waals surface area (Å²) in [7, 11) is 1.68. The molecule has 1 atom stereocenters. The van der Waals surface area contributed by atoms with Gasteiger partial charge in [-0.05, 0) is 53.6 Å². The maximum Gasteiger partial charge on any atom is 0.221 e. The standard InChI is InChI=1S/C32H37N3O2/c1-3-24-11-8-14-28-30(21-33-32(24)28)29(25-12-7-13-27(19-25)37-2)20-31(36)34-26-15-17-35(18-16-26)22-23-9-5-4-6-10-23/h4-14,19,21,26,29,33H,3,15-18,20,22H2,1-2H3,(H,34,36). The van der Waals surface area contributed by atoms with Gasteiger partial charge in [-0.1, -0.05) is 67.6 Å². The van der Waals surface area contributed by atoms with Gasteiger partial charge in [0.15, 0.2) is 0 Å². The molecule has 0 spiro atoms. The summed E-state index contributed by atoms with van der Waals surface area (Å²) in [4.78, 5) is 19.4. The molecule has 0 aliphatic carbocycles. The molecule has 1 fully saturated rings. The number of hydrogen-bond acceptors (Lipinski definition) is 3. The number of aryl methyl sites for hydroxylation is 1. The number of para-hydroxylation sites is 1. The number of nitrogens with zero attached hydrogens (tertiary/aromatic N) is 1. The van der Waals surface area contributed by atoms with Crippen molar-refractivity contribution in [2.75, 3.05) is 20.2 Å². The summed E-state index contributed by atoms with van der Waals surface area (Å²) >= 11 is 0. The van der Waals surface area contributed by atoms with E-state index in [0.717, 1.165) is 55.8 Å². The van der Waals surface area contributed by atoms with Crippen molar-refractivity contribution in [3.05, 3.63) is 101 Å². The molecule has 2 N–H and O–H groups in total. The van der Waals surface area contributed by atoms with Crippen LogP contribution >= 0.6 is 0 Å². The van der Waals surface area contributed by atoms with Gasteiger partial charge in [-0.25, -0.2) is 0 Å². The van der Waals surface area contributed by atoms with Crippen LogP contribution in [0.15, 0.2) is 79.0 Å². The van der Waals surface area contributed by atoms with Crippen LogP contribution in [0.4, 0.5) is 0 Å². The molecule has 2 heterocycles. The van der Waals surface area contributed by atoms with Crippen molar-refractivity contribution >= 4 is 16.8 Å². The third kappa shape index (κ3) is 5.89. The van der Waals surface area contributed by atoms with Gasteiger partial charge in [0.1, 0.15) is 5.75 Å². The molecule has 1 aromatic heterocycles. The van der Waals surface area contributed by atoms with E-state index in [1.165, 1.54) is 22.0 Å². The molecule has 4 aromatic rings. The molecule has 1 aliphatic heterocycles. The number of amides is 1. The second-order valence-electron chi connectivity index (χ2n) is 10.1. The third-order valence-electron chi connectivity index (χ3n) is 7.68. The van der Waals surface area contributed by atoms with E-state index >= 15 is 0 Å². The van der Waals surface area contributed by atoms with Crippen molar-refractivity contribution in [1.29, 1.82) is 0 Å². The maximum absolute atomic E-state index is 13.4. The van der Waals surface area contributed by atoms with Crippen LogP contribution in [0.3, 0.4) is 0 Å². The van der Waals surface area contributed by atoms with E-state index in [0.29, 0.717) is 6.42 Å². The van der Waals surface area contributed by atoms with Crippen molar-refractivity contribution in [3.63, 3.8) is 0 Å². The Morgan fingerprint density at radius 2 is 1.84 bits per heavy atom. The Labute approximate surface area is 219 Å². The summed E-state index contributed by atoms with van der Waals surface area (Å²) in [5, 5.41) is 4.55. The number of hydrogen-bond donors (Lipinski definition) is 2. The highest BCUT2D eigenvalue weighted by Gasteiger charge is 2.25. The summed E-state index contributed by atoms with van der Waals surface area (Å²) in [5.41, 5.74) is 6.05. The predicted octanol–water partition coefficient (Wildman–Crippen LogP) is 6.04. The highest BCUT2D eigenvalue weighted by Crippen LogP contribution is 2.36. The third-order valence-corrected chi connectivity index (χ3v) is 7.68. The minimum Gasteiger partial charge on any atom is -0.497 e. The number of nitrogens with one attached hydrogen (secondary N) is 2. The first-order valence-electron chi connectivity index (χ1n) is 13.4. The number of rotatable bonds is 9. The van der Waals surface area contributed by atoms with Crippen LogP contribution in [0.25, 0.3) is 10.9 Å². The maximum atomic E-state index is 13.4. The minimum atomic E-state index is -0.0610. The fourth-order valence-corrected chi connectivity index (χ4v) is 5.64. The second-order valence-corrected chi connectivity index (χ2v) is 10.1. The number of fused-ring (bicyclic) bond motifs is 1. The van der Waals surface area contributed by atoms with E-state index in [4.69, 9.17) is 4.74 Å². The Morgan fingerprint density at radius 1 is 1.05 bits per heavy atom. The van der Waals surface area contributed by atoms with Gasteiger partial charge in [-0.15, -0.1) is 0 Å².